The largest absolute Gasteiger partial charge is 0.330 e. The Bertz CT molecular complexity index is 227. The molecule has 0 amide bonds. The molecule has 3 atom stereocenters. The summed E-state index contributed by atoms with van der Waals surface area (Å²) in [6, 6.07) is 0. The number of hydrogen-bond donors (Lipinski definition) is 1. The van der Waals surface area contributed by atoms with Crippen LogP contribution in [0.4, 0.5) is 0 Å². The Labute approximate surface area is 74.0 Å². The fourth-order valence-electron chi connectivity index (χ4n) is 3.37. The number of allylic oxidation sites excluding steroid dienone is 2. The van der Waals surface area contributed by atoms with Gasteiger partial charge in [0.05, 0.1) is 0 Å². The molecule has 0 heterocycles. The lowest BCUT2D eigenvalue weighted by Crippen LogP contribution is -2.27. The van der Waals surface area contributed by atoms with Crippen molar-refractivity contribution in [3.05, 3.63) is 12.2 Å². The minimum absolute atomic E-state index is 0.601. The smallest absolute Gasteiger partial charge is 0.00177 e. The van der Waals surface area contributed by atoms with Gasteiger partial charge in [0.2, 0.25) is 0 Å². The Hall–Kier alpha value is -0.300. The Morgan fingerprint density at radius 1 is 1.25 bits per heavy atom. The molecule has 0 aliphatic heterocycles. The maximum atomic E-state index is 5.86. The predicted octanol–water partition coefficient (Wildman–Crippen LogP) is 1.94. The van der Waals surface area contributed by atoms with E-state index in [-0.39, 0.29) is 0 Å². The molecular formula is C11H17N. The maximum absolute atomic E-state index is 5.86. The highest BCUT2D eigenvalue weighted by atomic mass is 14.7. The monoisotopic (exact) mass is 163 g/mol. The first-order chi connectivity index (χ1) is 5.84. The molecule has 0 radical (unpaired) electrons. The zero-order chi connectivity index (χ0) is 8.18. The molecule has 0 saturated heterocycles. The van der Waals surface area contributed by atoms with Crippen LogP contribution in [0, 0.1) is 23.2 Å². The summed E-state index contributed by atoms with van der Waals surface area (Å²) in [5, 5.41) is 0. The SMILES string of the molecule is NCC1(C2CC3C=CC2C3)CC1. The van der Waals surface area contributed by atoms with Gasteiger partial charge in [-0.05, 0) is 55.4 Å². The van der Waals surface area contributed by atoms with Crippen molar-refractivity contribution in [3.63, 3.8) is 0 Å². The molecule has 1 nitrogen and oxygen atoms in total. The maximum Gasteiger partial charge on any atom is -0.00177 e. The van der Waals surface area contributed by atoms with Crippen molar-refractivity contribution in [2.45, 2.75) is 25.7 Å². The van der Waals surface area contributed by atoms with Gasteiger partial charge in [0.1, 0.15) is 0 Å². The molecule has 3 rings (SSSR count). The van der Waals surface area contributed by atoms with Crippen molar-refractivity contribution < 1.29 is 0 Å². The summed E-state index contributed by atoms with van der Waals surface area (Å²) in [7, 11) is 0. The van der Waals surface area contributed by atoms with Gasteiger partial charge in [-0.1, -0.05) is 12.2 Å². The Morgan fingerprint density at radius 3 is 2.50 bits per heavy atom. The van der Waals surface area contributed by atoms with Crippen LogP contribution in [0.3, 0.4) is 0 Å². The van der Waals surface area contributed by atoms with Crippen molar-refractivity contribution in [1.82, 2.24) is 0 Å². The molecule has 1 heteroatoms. The molecular weight excluding hydrogens is 146 g/mol. The van der Waals surface area contributed by atoms with Crippen LogP contribution in [0.1, 0.15) is 25.7 Å². The van der Waals surface area contributed by atoms with Crippen molar-refractivity contribution in [1.29, 1.82) is 0 Å². The Kier molecular flexibility index (Phi) is 1.27. The fraction of sp³-hybridized carbons (Fsp3) is 0.818. The third-order valence-corrected chi connectivity index (χ3v) is 4.36. The molecule has 2 fully saturated rings. The van der Waals surface area contributed by atoms with E-state index in [2.05, 4.69) is 12.2 Å². The van der Waals surface area contributed by atoms with E-state index in [1.807, 2.05) is 0 Å². The summed E-state index contributed by atoms with van der Waals surface area (Å²) in [6.07, 6.45) is 10.6. The van der Waals surface area contributed by atoms with Crippen molar-refractivity contribution in [3.8, 4) is 0 Å². The molecule has 2 bridgehead atoms. The molecule has 0 spiro atoms. The summed E-state index contributed by atoms with van der Waals surface area (Å²) in [4.78, 5) is 0. The third-order valence-electron chi connectivity index (χ3n) is 4.36. The molecule has 66 valence electrons. The Morgan fingerprint density at radius 2 is 2.08 bits per heavy atom. The minimum Gasteiger partial charge on any atom is -0.330 e. The fourth-order valence-corrected chi connectivity index (χ4v) is 3.37. The lowest BCUT2D eigenvalue weighted by atomic mass is 9.79. The van der Waals surface area contributed by atoms with E-state index in [1.54, 1.807) is 0 Å². The van der Waals surface area contributed by atoms with Crippen LogP contribution in [0.25, 0.3) is 0 Å². The number of hydrogen-bond acceptors (Lipinski definition) is 1. The molecule has 2 saturated carbocycles. The molecule has 0 aromatic carbocycles. The lowest BCUT2D eigenvalue weighted by molar-refractivity contribution is 0.270. The van der Waals surface area contributed by atoms with Gasteiger partial charge in [-0.3, -0.25) is 0 Å². The average Bonchev–Trinajstić information content (AvgIpc) is 2.62. The Balaban J connectivity index is 1.83. The van der Waals surface area contributed by atoms with Crippen molar-refractivity contribution in [2.75, 3.05) is 6.54 Å². The summed E-state index contributed by atoms with van der Waals surface area (Å²) in [5.41, 5.74) is 6.46. The quantitative estimate of drug-likeness (QED) is 0.618. The number of nitrogens with two attached hydrogens (primary N) is 1. The van der Waals surface area contributed by atoms with Crippen LogP contribution in [0.5, 0.6) is 0 Å². The van der Waals surface area contributed by atoms with Gasteiger partial charge in [0, 0.05) is 0 Å². The van der Waals surface area contributed by atoms with E-state index >= 15 is 0 Å². The van der Waals surface area contributed by atoms with E-state index in [9.17, 15) is 0 Å². The minimum atomic E-state index is 0.601. The normalized spacial score (nSPS) is 46.9. The molecule has 12 heavy (non-hydrogen) atoms. The highest BCUT2D eigenvalue weighted by molar-refractivity contribution is 5.16. The summed E-state index contributed by atoms with van der Waals surface area (Å²) < 4.78 is 0. The zero-order valence-corrected chi connectivity index (χ0v) is 7.50. The van der Waals surface area contributed by atoms with E-state index in [0.29, 0.717) is 5.41 Å². The first kappa shape index (κ1) is 7.14. The highest BCUT2D eigenvalue weighted by Crippen LogP contribution is 2.61. The van der Waals surface area contributed by atoms with Crippen LogP contribution < -0.4 is 5.73 Å². The summed E-state index contributed by atoms with van der Waals surface area (Å²) >= 11 is 0. The highest BCUT2D eigenvalue weighted by Gasteiger charge is 2.54. The second-order valence-electron chi connectivity index (χ2n) is 4.95. The zero-order valence-electron chi connectivity index (χ0n) is 7.50. The lowest BCUT2D eigenvalue weighted by Gasteiger charge is -2.27. The predicted molar refractivity (Wildman–Crippen MR) is 49.6 cm³/mol. The van der Waals surface area contributed by atoms with Crippen molar-refractivity contribution >= 4 is 0 Å². The van der Waals surface area contributed by atoms with Crippen LogP contribution in [0.15, 0.2) is 12.2 Å². The van der Waals surface area contributed by atoms with Crippen LogP contribution in [-0.2, 0) is 0 Å². The van der Waals surface area contributed by atoms with Crippen molar-refractivity contribution in [2.24, 2.45) is 28.9 Å². The molecule has 0 aromatic heterocycles. The summed E-state index contributed by atoms with van der Waals surface area (Å²) in [6.45, 7) is 0.939. The van der Waals surface area contributed by atoms with E-state index in [1.165, 1.54) is 25.7 Å². The standard InChI is InChI=1S/C11H17N/c12-7-11(3-4-11)10-6-8-1-2-9(10)5-8/h1-2,8-10H,3-7,12H2. The number of fused-ring (bicyclic) bond motifs is 2. The van der Waals surface area contributed by atoms with Gasteiger partial charge in [-0.2, -0.15) is 0 Å². The summed E-state index contributed by atoms with van der Waals surface area (Å²) in [5.74, 6) is 2.78. The van der Waals surface area contributed by atoms with Gasteiger partial charge in [-0.15, -0.1) is 0 Å². The van der Waals surface area contributed by atoms with Gasteiger partial charge >= 0.3 is 0 Å². The van der Waals surface area contributed by atoms with E-state index < -0.39 is 0 Å². The van der Waals surface area contributed by atoms with Crippen LogP contribution in [0.2, 0.25) is 0 Å². The van der Waals surface area contributed by atoms with Crippen LogP contribution in [-0.4, -0.2) is 6.54 Å². The van der Waals surface area contributed by atoms with E-state index in [0.717, 1.165) is 24.3 Å². The average molecular weight is 163 g/mol. The van der Waals surface area contributed by atoms with Gasteiger partial charge in [0.15, 0.2) is 0 Å². The van der Waals surface area contributed by atoms with E-state index in [4.69, 9.17) is 5.73 Å². The number of rotatable bonds is 2. The van der Waals surface area contributed by atoms with Crippen LogP contribution >= 0.6 is 0 Å². The second kappa shape index (κ2) is 2.14. The first-order valence-corrected chi connectivity index (χ1v) is 5.22. The second-order valence-corrected chi connectivity index (χ2v) is 4.95. The molecule has 3 aliphatic rings. The molecule has 0 aromatic rings. The molecule has 3 unspecified atom stereocenters. The molecule has 3 aliphatic carbocycles. The van der Waals surface area contributed by atoms with Gasteiger partial charge in [-0.25, -0.2) is 0 Å². The first-order valence-electron chi connectivity index (χ1n) is 5.22. The molecule has 2 N–H and O–H groups in total. The third kappa shape index (κ3) is 0.779. The topological polar surface area (TPSA) is 26.0 Å². The van der Waals surface area contributed by atoms with Gasteiger partial charge in [0.25, 0.3) is 0 Å². The van der Waals surface area contributed by atoms with Gasteiger partial charge < -0.3 is 5.73 Å².